The van der Waals surface area contributed by atoms with Crippen LogP contribution in [0.25, 0.3) is 10.8 Å². The van der Waals surface area contributed by atoms with Crippen LogP contribution in [0.1, 0.15) is 20.4 Å². The summed E-state index contributed by atoms with van der Waals surface area (Å²) < 4.78 is 5.41. The molecule has 0 saturated heterocycles. The summed E-state index contributed by atoms with van der Waals surface area (Å²) in [7, 11) is 0. The van der Waals surface area contributed by atoms with Crippen molar-refractivity contribution in [3.63, 3.8) is 0 Å². The predicted octanol–water partition coefficient (Wildman–Crippen LogP) is 3.53. The van der Waals surface area contributed by atoms with Gasteiger partial charge in [0.2, 0.25) is 0 Å². The fourth-order valence-corrected chi connectivity index (χ4v) is 2.80. The van der Waals surface area contributed by atoms with Gasteiger partial charge in [0.15, 0.2) is 0 Å². The van der Waals surface area contributed by atoms with E-state index in [2.05, 4.69) is 9.97 Å². The molecule has 1 aromatic carbocycles. The molecule has 3 aromatic rings. The monoisotopic (exact) mass is 284 g/mol. The molecule has 0 aliphatic rings. The largest absolute Gasteiger partial charge is 0.422 e. The first-order valence-electron chi connectivity index (χ1n) is 6.13. The van der Waals surface area contributed by atoms with Gasteiger partial charge in [0.05, 0.1) is 10.7 Å². The number of hydrogen-bond acceptors (Lipinski definition) is 5. The molecule has 0 spiro atoms. The number of rotatable bonds is 2. The molecule has 3 rings (SSSR count). The summed E-state index contributed by atoms with van der Waals surface area (Å²) in [4.78, 5) is 21.0. The van der Waals surface area contributed by atoms with Gasteiger partial charge in [-0.15, -0.1) is 11.3 Å². The second-order valence-electron chi connectivity index (χ2n) is 4.42. The van der Waals surface area contributed by atoms with Gasteiger partial charge in [0.25, 0.3) is 0 Å². The molecule has 0 atom stereocenters. The molecule has 4 nitrogen and oxygen atoms in total. The molecular formula is C15H12N2O2S. The van der Waals surface area contributed by atoms with Gasteiger partial charge >= 0.3 is 5.97 Å². The zero-order valence-corrected chi connectivity index (χ0v) is 11.9. The zero-order valence-electron chi connectivity index (χ0n) is 11.1. The fraction of sp³-hybridized carbons (Fsp3) is 0.133. The Balaban J connectivity index is 1.89. The lowest BCUT2D eigenvalue weighted by Gasteiger charge is -2.04. The van der Waals surface area contributed by atoms with E-state index in [0.29, 0.717) is 16.3 Å². The topological polar surface area (TPSA) is 52.1 Å². The number of aromatic nitrogens is 2. The molecule has 5 heteroatoms. The highest BCUT2D eigenvalue weighted by Gasteiger charge is 2.16. The summed E-state index contributed by atoms with van der Waals surface area (Å²) in [5.74, 6) is 0.150. The smallest absolute Gasteiger partial charge is 0.355 e. The molecule has 0 aliphatic carbocycles. The van der Waals surface area contributed by atoms with E-state index in [1.807, 2.05) is 32.0 Å². The number of carbonyl (C=O) groups is 1. The van der Waals surface area contributed by atoms with Gasteiger partial charge < -0.3 is 4.74 Å². The number of hydrogen-bond donors (Lipinski definition) is 0. The first-order valence-corrected chi connectivity index (χ1v) is 6.95. The highest BCUT2D eigenvalue weighted by Crippen LogP contribution is 2.23. The molecular weight excluding hydrogens is 272 g/mol. The van der Waals surface area contributed by atoms with E-state index in [-0.39, 0.29) is 5.97 Å². The van der Waals surface area contributed by atoms with Crippen molar-refractivity contribution in [1.82, 2.24) is 9.97 Å². The van der Waals surface area contributed by atoms with Crippen LogP contribution in [0, 0.1) is 13.8 Å². The quantitative estimate of drug-likeness (QED) is 0.533. The zero-order chi connectivity index (χ0) is 14.1. The highest BCUT2D eigenvalue weighted by molar-refractivity contribution is 7.13. The van der Waals surface area contributed by atoms with Crippen LogP contribution >= 0.6 is 11.3 Å². The van der Waals surface area contributed by atoms with Gasteiger partial charge in [-0.2, -0.15) is 0 Å². The van der Waals surface area contributed by atoms with Crippen molar-refractivity contribution < 1.29 is 9.53 Å². The van der Waals surface area contributed by atoms with Gasteiger partial charge in [-0.05, 0) is 37.4 Å². The molecule has 0 fully saturated rings. The van der Waals surface area contributed by atoms with Gasteiger partial charge in [-0.1, -0.05) is 6.07 Å². The third kappa shape index (κ3) is 2.40. The average Bonchev–Trinajstić information content (AvgIpc) is 2.78. The van der Waals surface area contributed by atoms with Crippen molar-refractivity contribution in [3.05, 3.63) is 52.2 Å². The van der Waals surface area contributed by atoms with Gasteiger partial charge in [-0.3, -0.25) is 4.98 Å². The summed E-state index contributed by atoms with van der Waals surface area (Å²) in [6.07, 6.45) is 3.48. The number of fused-ring (bicyclic) bond motifs is 1. The van der Waals surface area contributed by atoms with Crippen molar-refractivity contribution in [2.24, 2.45) is 0 Å². The van der Waals surface area contributed by atoms with Crippen LogP contribution < -0.4 is 4.74 Å². The first-order chi connectivity index (χ1) is 9.63. The molecule has 0 bridgehead atoms. The third-order valence-electron chi connectivity index (χ3n) is 2.91. The lowest BCUT2D eigenvalue weighted by atomic mass is 10.2. The number of aryl methyl sites for hydroxylation is 2. The van der Waals surface area contributed by atoms with Crippen LogP contribution in [0.2, 0.25) is 0 Å². The number of carbonyl (C=O) groups excluding carboxylic acids is 1. The molecule has 0 aliphatic heterocycles. The summed E-state index contributed by atoms with van der Waals surface area (Å²) >= 11 is 1.35. The predicted molar refractivity (Wildman–Crippen MR) is 78.3 cm³/mol. The van der Waals surface area contributed by atoms with E-state index < -0.39 is 0 Å². The van der Waals surface area contributed by atoms with Crippen LogP contribution in [0.3, 0.4) is 0 Å². The maximum absolute atomic E-state index is 12.1. The van der Waals surface area contributed by atoms with E-state index in [1.54, 1.807) is 18.5 Å². The molecule has 2 heterocycles. The maximum Gasteiger partial charge on any atom is 0.355 e. The van der Waals surface area contributed by atoms with Crippen LogP contribution in [-0.2, 0) is 0 Å². The Kier molecular flexibility index (Phi) is 3.20. The lowest BCUT2D eigenvalue weighted by molar-refractivity contribution is 0.0739. The van der Waals surface area contributed by atoms with Crippen molar-refractivity contribution in [1.29, 1.82) is 0 Å². The van der Waals surface area contributed by atoms with Crippen molar-refractivity contribution in [2.75, 3.05) is 0 Å². The lowest BCUT2D eigenvalue weighted by Crippen LogP contribution is -2.07. The number of benzene rings is 1. The fourth-order valence-electron chi connectivity index (χ4n) is 2.00. The third-order valence-corrected chi connectivity index (χ3v) is 3.96. The maximum atomic E-state index is 12.1. The summed E-state index contributed by atoms with van der Waals surface area (Å²) in [6, 6.07) is 7.41. The number of ether oxygens (including phenoxy) is 1. The molecule has 2 aromatic heterocycles. The van der Waals surface area contributed by atoms with Gasteiger partial charge in [0.1, 0.15) is 10.6 Å². The molecule has 100 valence electrons. The Morgan fingerprint density at radius 1 is 1.20 bits per heavy atom. The molecule has 0 saturated carbocycles. The van der Waals surface area contributed by atoms with Crippen molar-refractivity contribution in [3.8, 4) is 5.75 Å². The second-order valence-corrected chi connectivity index (χ2v) is 5.62. The minimum atomic E-state index is -0.364. The van der Waals surface area contributed by atoms with Crippen molar-refractivity contribution >= 4 is 28.1 Å². The first kappa shape index (κ1) is 12.7. The van der Waals surface area contributed by atoms with Crippen molar-refractivity contribution in [2.45, 2.75) is 13.8 Å². The Morgan fingerprint density at radius 2 is 2.05 bits per heavy atom. The normalized spacial score (nSPS) is 10.7. The van der Waals surface area contributed by atoms with Crippen LogP contribution in [0.5, 0.6) is 5.75 Å². The summed E-state index contributed by atoms with van der Waals surface area (Å²) in [5, 5.41) is 2.86. The standard InChI is InChI=1S/C15H12N2O2S/c1-9-14(20-10(2)17-9)15(18)19-13-4-3-11-5-6-16-8-12(11)7-13/h3-8H,1-2H3. The number of esters is 1. The minimum absolute atomic E-state index is 0.364. The Bertz CT molecular complexity index is 795. The summed E-state index contributed by atoms with van der Waals surface area (Å²) in [6.45, 7) is 3.68. The SMILES string of the molecule is Cc1nc(C)c(C(=O)Oc2ccc3ccncc3c2)s1. The number of thiazole rings is 1. The molecule has 20 heavy (non-hydrogen) atoms. The molecule has 0 radical (unpaired) electrons. The Labute approximate surface area is 120 Å². The van der Waals surface area contributed by atoms with E-state index in [4.69, 9.17) is 4.74 Å². The summed E-state index contributed by atoms with van der Waals surface area (Å²) in [5.41, 5.74) is 0.708. The van der Waals surface area contributed by atoms with Gasteiger partial charge in [-0.25, -0.2) is 9.78 Å². The Morgan fingerprint density at radius 3 is 2.80 bits per heavy atom. The van der Waals surface area contributed by atoms with Gasteiger partial charge in [0, 0.05) is 17.8 Å². The van der Waals surface area contributed by atoms with E-state index >= 15 is 0 Å². The second kappa shape index (κ2) is 5.02. The average molecular weight is 284 g/mol. The molecule has 0 unspecified atom stereocenters. The van der Waals surface area contributed by atoms with E-state index in [9.17, 15) is 4.79 Å². The minimum Gasteiger partial charge on any atom is -0.422 e. The van der Waals surface area contributed by atoms with Crippen LogP contribution in [0.15, 0.2) is 36.7 Å². The van der Waals surface area contributed by atoms with Crippen LogP contribution in [0.4, 0.5) is 0 Å². The van der Waals surface area contributed by atoms with E-state index in [1.165, 1.54) is 11.3 Å². The number of nitrogens with zero attached hydrogens (tertiary/aromatic N) is 2. The van der Waals surface area contributed by atoms with Crippen LogP contribution in [-0.4, -0.2) is 15.9 Å². The van der Waals surface area contributed by atoms with E-state index in [0.717, 1.165) is 15.8 Å². The highest BCUT2D eigenvalue weighted by atomic mass is 32.1. The molecule has 0 N–H and O–H groups in total. The molecule has 0 amide bonds. The Hall–Kier alpha value is -2.27. The number of pyridine rings is 1.